The van der Waals surface area contributed by atoms with Crippen molar-refractivity contribution >= 4 is 60.3 Å². The zero-order chi connectivity index (χ0) is 17.2. The Morgan fingerprint density at radius 1 is 0.957 bits per heavy atom. The van der Waals surface area contributed by atoms with Crippen molar-refractivity contribution in [2.45, 2.75) is 11.8 Å². The highest BCUT2D eigenvalue weighted by molar-refractivity contribution is 8.13. The van der Waals surface area contributed by atoms with Crippen LogP contribution in [-0.4, -0.2) is 14.4 Å². The Morgan fingerprint density at radius 2 is 1.52 bits per heavy atom. The Balaban J connectivity index is 2.11. The number of carbonyl (C=O) groups excluding carboxylic acids is 1. The molecular formula is C14H11Cl3N2O3S. The van der Waals surface area contributed by atoms with Gasteiger partial charge in [-0.05, 0) is 48.9 Å². The van der Waals surface area contributed by atoms with E-state index in [0.29, 0.717) is 27.0 Å². The van der Waals surface area contributed by atoms with Gasteiger partial charge in [0.2, 0.25) is 0 Å². The Bertz CT molecular complexity index is 870. The summed E-state index contributed by atoms with van der Waals surface area (Å²) in [5.74, 6) is 0. The molecular weight excluding hydrogens is 383 g/mol. The minimum atomic E-state index is -3.82. The van der Waals surface area contributed by atoms with E-state index in [1.54, 1.807) is 19.1 Å². The minimum absolute atomic E-state index is 0.00499. The number of hydrogen-bond donors (Lipinski definition) is 2. The van der Waals surface area contributed by atoms with Crippen LogP contribution >= 0.6 is 33.9 Å². The molecule has 23 heavy (non-hydrogen) atoms. The summed E-state index contributed by atoms with van der Waals surface area (Å²) in [4.78, 5) is 11.9. The first kappa shape index (κ1) is 17.9. The SMILES string of the molecule is Cc1cc(NC(=O)Nc2ccc(Cl)c(Cl)c2)ccc1S(=O)(=O)Cl. The lowest BCUT2D eigenvalue weighted by atomic mass is 10.2. The van der Waals surface area contributed by atoms with Crippen molar-refractivity contribution in [3.63, 3.8) is 0 Å². The standard InChI is InChI=1S/C14H11Cl3N2O3S/c1-8-6-9(3-5-13(8)23(17,21)22)18-14(20)19-10-2-4-11(15)12(16)7-10/h2-7H,1H3,(H2,18,19,20). The van der Waals surface area contributed by atoms with Gasteiger partial charge in [0.15, 0.2) is 0 Å². The van der Waals surface area contributed by atoms with Crippen LogP contribution in [-0.2, 0) is 9.05 Å². The summed E-state index contributed by atoms with van der Waals surface area (Å²) in [6.45, 7) is 1.58. The zero-order valence-electron chi connectivity index (χ0n) is 11.7. The van der Waals surface area contributed by atoms with Gasteiger partial charge in [0, 0.05) is 22.1 Å². The number of anilines is 2. The highest BCUT2D eigenvalue weighted by Crippen LogP contribution is 2.25. The summed E-state index contributed by atoms with van der Waals surface area (Å²) >= 11 is 11.7. The molecule has 0 saturated heterocycles. The van der Waals surface area contributed by atoms with E-state index in [1.165, 1.54) is 24.3 Å². The lowest BCUT2D eigenvalue weighted by Gasteiger charge is -2.10. The van der Waals surface area contributed by atoms with Crippen LogP contribution in [0.15, 0.2) is 41.3 Å². The first-order valence-corrected chi connectivity index (χ1v) is 9.32. The third-order valence-electron chi connectivity index (χ3n) is 2.87. The number of benzene rings is 2. The Labute approximate surface area is 148 Å². The molecule has 2 N–H and O–H groups in total. The molecule has 0 radical (unpaired) electrons. The van der Waals surface area contributed by atoms with Gasteiger partial charge in [-0.3, -0.25) is 0 Å². The quantitative estimate of drug-likeness (QED) is 0.730. The molecule has 0 aliphatic rings. The summed E-state index contributed by atoms with van der Waals surface area (Å²) in [7, 11) is 1.49. The minimum Gasteiger partial charge on any atom is -0.308 e. The van der Waals surface area contributed by atoms with Crippen molar-refractivity contribution in [1.82, 2.24) is 0 Å². The van der Waals surface area contributed by atoms with Crippen LogP contribution in [0.25, 0.3) is 0 Å². The fraction of sp³-hybridized carbons (Fsp3) is 0.0714. The van der Waals surface area contributed by atoms with Crippen LogP contribution in [0.2, 0.25) is 10.0 Å². The van der Waals surface area contributed by atoms with Crippen molar-refractivity contribution in [2.24, 2.45) is 0 Å². The number of halogens is 3. The second-order valence-corrected chi connectivity index (χ2v) is 7.97. The van der Waals surface area contributed by atoms with Gasteiger partial charge in [-0.2, -0.15) is 0 Å². The summed E-state index contributed by atoms with van der Waals surface area (Å²) in [5.41, 5.74) is 1.31. The number of carbonyl (C=O) groups is 1. The number of aryl methyl sites for hydroxylation is 1. The van der Waals surface area contributed by atoms with E-state index in [9.17, 15) is 13.2 Å². The molecule has 0 unspecified atom stereocenters. The second-order valence-electron chi connectivity index (χ2n) is 4.63. The van der Waals surface area contributed by atoms with Crippen LogP contribution < -0.4 is 10.6 Å². The molecule has 0 fully saturated rings. The van der Waals surface area contributed by atoms with Crippen LogP contribution in [0.5, 0.6) is 0 Å². The normalized spacial score (nSPS) is 11.1. The van der Waals surface area contributed by atoms with Gasteiger partial charge in [0.1, 0.15) is 0 Å². The number of nitrogens with one attached hydrogen (secondary N) is 2. The molecule has 0 aromatic heterocycles. The summed E-state index contributed by atoms with van der Waals surface area (Å²) in [6, 6.07) is 8.43. The fourth-order valence-corrected chi connectivity index (χ4v) is 3.36. The van der Waals surface area contributed by atoms with Crippen molar-refractivity contribution < 1.29 is 13.2 Å². The van der Waals surface area contributed by atoms with E-state index in [1.807, 2.05) is 0 Å². The predicted octanol–water partition coefficient (Wildman–Crippen LogP) is 4.87. The molecule has 2 amide bonds. The Morgan fingerprint density at radius 3 is 2.04 bits per heavy atom. The van der Waals surface area contributed by atoms with Gasteiger partial charge in [-0.25, -0.2) is 13.2 Å². The smallest absolute Gasteiger partial charge is 0.308 e. The molecule has 122 valence electrons. The van der Waals surface area contributed by atoms with E-state index in [2.05, 4.69) is 10.6 Å². The van der Waals surface area contributed by atoms with Gasteiger partial charge >= 0.3 is 6.03 Å². The Kier molecular flexibility index (Phi) is 5.41. The molecule has 0 aliphatic carbocycles. The summed E-state index contributed by atoms with van der Waals surface area (Å²) in [5, 5.41) is 5.86. The third kappa shape index (κ3) is 4.75. The number of urea groups is 1. The van der Waals surface area contributed by atoms with Crippen molar-refractivity contribution in [3.05, 3.63) is 52.0 Å². The maximum absolute atomic E-state index is 11.9. The lowest BCUT2D eigenvalue weighted by Crippen LogP contribution is -2.19. The molecule has 9 heteroatoms. The first-order valence-electron chi connectivity index (χ1n) is 6.25. The topological polar surface area (TPSA) is 75.3 Å². The van der Waals surface area contributed by atoms with Crippen LogP contribution in [0.1, 0.15) is 5.56 Å². The van der Waals surface area contributed by atoms with Gasteiger partial charge in [-0.1, -0.05) is 23.2 Å². The van der Waals surface area contributed by atoms with Gasteiger partial charge in [-0.15, -0.1) is 0 Å². The molecule has 2 rings (SSSR count). The molecule has 0 bridgehead atoms. The first-order chi connectivity index (χ1) is 10.7. The average molecular weight is 394 g/mol. The molecule has 2 aromatic carbocycles. The van der Waals surface area contributed by atoms with Crippen molar-refractivity contribution in [2.75, 3.05) is 10.6 Å². The van der Waals surface area contributed by atoms with E-state index < -0.39 is 15.1 Å². The van der Waals surface area contributed by atoms with Gasteiger partial charge in [0.05, 0.1) is 14.9 Å². The number of hydrogen-bond acceptors (Lipinski definition) is 3. The maximum Gasteiger partial charge on any atom is 0.323 e. The van der Waals surface area contributed by atoms with Gasteiger partial charge in [0.25, 0.3) is 9.05 Å². The zero-order valence-corrected chi connectivity index (χ0v) is 14.8. The molecule has 2 aromatic rings. The lowest BCUT2D eigenvalue weighted by molar-refractivity contribution is 0.262. The maximum atomic E-state index is 11.9. The number of amides is 2. The molecule has 0 heterocycles. The van der Waals surface area contributed by atoms with Crippen LogP contribution in [0.4, 0.5) is 16.2 Å². The number of rotatable bonds is 3. The average Bonchev–Trinajstić information content (AvgIpc) is 2.41. The van der Waals surface area contributed by atoms with E-state index >= 15 is 0 Å². The molecule has 0 saturated carbocycles. The molecule has 0 spiro atoms. The highest BCUT2D eigenvalue weighted by Gasteiger charge is 2.14. The van der Waals surface area contributed by atoms with Gasteiger partial charge < -0.3 is 10.6 Å². The van der Waals surface area contributed by atoms with E-state index in [-0.39, 0.29) is 4.90 Å². The van der Waals surface area contributed by atoms with Crippen molar-refractivity contribution in [3.8, 4) is 0 Å². The van der Waals surface area contributed by atoms with Crippen molar-refractivity contribution in [1.29, 1.82) is 0 Å². The fourth-order valence-electron chi connectivity index (χ4n) is 1.87. The molecule has 5 nitrogen and oxygen atoms in total. The summed E-state index contributed by atoms with van der Waals surface area (Å²) in [6.07, 6.45) is 0. The van der Waals surface area contributed by atoms with E-state index in [4.69, 9.17) is 33.9 Å². The summed E-state index contributed by atoms with van der Waals surface area (Å²) < 4.78 is 22.7. The second kappa shape index (κ2) is 6.97. The van der Waals surface area contributed by atoms with Crippen LogP contribution in [0.3, 0.4) is 0 Å². The molecule has 0 aliphatic heterocycles. The highest BCUT2D eigenvalue weighted by atomic mass is 35.7. The Hall–Kier alpha value is -1.47. The monoisotopic (exact) mass is 392 g/mol. The largest absolute Gasteiger partial charge is 0.323 e. The van der Waals surface area contributed by atoms with E-state index in [0.717, 1.165) is 0 Å². The third-order valence-corrected chi connectivity index (χ3v) is 5.09. The van der Waals surface area contributed by atoms with Crippen LogP contribution in [0, 0.1) is 6.92 Å². The predicted molar refractivity (Wildman–Crippen MR) is 93.3 cm³/mol. The molecule has 0 atom stereocenters.